The number of carbonyl (C=O) groups excluding carboxylic acids is 1. The quantitative estimate of drug-likeness (QED) is 0.672. The van der Waals surface area contributed by atoms with Crippen LogP contribution in [-0.2, 0) is 0 Å². The highest BCUT2D eigenvalue weighted by molar-refractivity contribution is 6.20. The Hall–Kier alpha value is -1.61. The maximum Gasteiger partial charge on any atom is 0.270 e. The first-order valence-electron chi connectivity index (χ1n) is 6.44. The number of aromatic nitrogens is 1. The number of nitrogens with one attached hydrogen (secondary N) is 1. The molecule has 1 aromatic carbocycles. The van der Waals surface area contributed by atoms with Crippen LogP contribution in [0.4, 0.5) is 0 Å². The van der Waals surface area contributed by atoms with Crippen LogP contribution in [0.3, 0.4) is 0 Å². The van der Waals surface area contributed by atoms with Gasteiger partial charge in [-0.05, 0) is 31.2 Å². The molecular weight excluding hydrogens is 260 g/mol. The van der Waals surface area contributed by atoms with Crippen molar-refractivity contribution in [1.82, 2.24) is 10.3 Å². The molecule has 0 aliphatic rings. The van der Waals surface area contributed by atoms with E-state index in [2.05, 4.69) is 10.3 Å². The number of halogens is 1. The highest BCUT2D eigenvalue weighted by atomic mass is 35.5. The number of hydrogen-bond acceptors (Lipinski definition) is 2. The molecule has 1 atom stereocenters. The molecule has 19 heavy (non-hydrogen) atoms. The molecule has 0 aliphatic heterocycles. The number of amides is 1. The van der Waals surface area contributed by atoms with Gasteiger partial charge < -0.3 is 5.32 Å². The number of rotatable bonds is 5. The molecule has 1 N–H and O–H groups in total. The van der Waals surface area contributed by atoms with Crippen LogP contribution in [0.25, 0.3) is 10.8 Å². The number of nitrogens with zero attached hydrogens (tertiary/aromatic N) is 1. The number of hydrogen-bond donors (Lipinski definition) is 1. The molecule has 2 aromatic rings. The predicted octanol–water partition coefficient (Wildman–Crippen LogP) is 3.37. The van der Waals surface area contributed by atoms with Crippen molar-refractivity contribution in [2.24, 2.45) is 0 Å². The van der Waals surface area contributed by atoms with Gasteiger partial charge in [0.05, 0.1) is 0 Å². The van der Waals surface area contributed by atoms with Crippen molar-refractivity contribution in [2.75, 3.05) is 6.54 Å². The molecule has 1 amide bonds. The van der Waals surface area contributed by atoms with Gasteiger partial charge in [-0.2, -0.15) is 0 Å². The van der Waals surface area contributed by atoms with Crippen molar-refractivity contribution in [3.8, 4) is 0 Å². The summed E-state index contributed by atoms with van der Waals surface area (Å²) >= 11 is 5.86. The molecule has 0 saturated carbocycles. The van der Waals surface area contributed by atoms with Crippen LogP contribution in [0.15, 0.2) is 36.5 Å². The standard InChI is InChI=1S/C15H17ClN2O/c1-11(16)5-4-9-18-15(19)14-13-7-3-2-6-12(13)8-10-17-14/h2-3,6-8,10-11H,4-5,9H2,1H3,(H,18,19). The molecule has 1 unspecified atom stereocenters. The van der Waals surface area contributed by atoms with Crippen molar-refractivity contribution in [3.05, 3.63) is 42.2 Å². The van der Waals surface area contributed by atoms with E-state index in [-0.39, 0.29) is 11.3 Å². The fraction of sp³-hybridized carbons (Fsp3) is 0.333. The minimum Gasteiger partial charge on any atom is -0.351 e. The molecule has 0 fully saturated rings. The average molecular weight is 277 g/mol. The molecule has 100 valence electrons. The second kappa shape index (κ2) is 6.53. The van der Waals surface area contributed by atoms with Crippen molar-refractivity contribution in [2.45, 2.75) is 25.1 Å². The molecule has 0 radical (unpaired) electrons. The van der Waals surface area contributed by atoms with Crippen molar-refractivity contribution < 1.29 is 4.79 Å². The largest absolute Gasteiger partial charge is 0.351 e. The third kappa shape index (κ3) is 3.67. The highest BCUT2D eigenvalue weighted by Gasteiger charge is 2.10. The Kier molecular flexibility index (Phi) is 4.74. The first-order chi connectivity index (χ1) is 9.18. The van der Waals surface area contributed by atoms with E-state index < -0.39 is 0 Å². The monoisotopic (exact) mass is 276 g/mol. The Balaban J connectivity index is 2.05. The van der Waals surface area contributed by atoms with E-state index in [1.165, 1.54) is 0 Å². The summed E-state index contributed by atoms with van der Waals surface area (Å²) in [5.41, 5.74) is 0.483. The lowest BCUT2D eigenvalue weighted by molar-refractivity contribution is 0.0950. The Morgan fingerprint density at radius 3 is 2.95 bits per heavy atom. The third-order valence-corrected chi connectivity index (χ3v) is 3.17. The van der Waals surface area contributed by atoms with E-state index in [4.69, 9.17) is 11.6 Å². The van der Waals surface area contributed by atoms with Gasteiger partial charge in [0.1, 0.15) is 5.69 Å². The van der Waals surface area contributed by atoms with E-state index >= 15 is 0 Å². The van der Waals surface area contributed by atoms with Gasteiger partial charge in [0.25, 0.3) is 5.91 Å². The van der Waals surface area contributed by atoms with Crippen LogP contribution in [0.5, 0.6) is 0 Å². The molecule has 2 rings (SSSR count). The summed E-state index contributed by atoms with van der Waals surface area (Å²) in [5, 5.41) is 4.94. The summed E-state index contributed by atoms with van der Waals surface area (Å²) in [4.78, 5) is 16.3. The molecule has 3 nitrogen and oxygen atoms in total. The summed E-state index contributed by atoms with van der Waals surface area (Å²) in [6.07, 6.45) is 3.43. The topological polar surface area (TPSA) is 42.0 Å². The zero-order chi connectivity index (χ0) is 13.7. The molecule has 4 heteroatoms. The van der Waals surface area contributed by atoms with Crippen LogP contribution in [0, 0.1) is 0 Å². The average Bonchev–Trinajstić information content (AvgIpc) is 2.42. The third-order valence-electron chi connectivity index (χ3n) is 2.95. The van der Waals surface area contributed by atoms with E-state index in [0.29, 0.717) is 12.2 Å². The molecule has 1 heterocycles. The lowest BCUT2D eigenvalue weighted by Crippen LogP contribution is -2.25. The number of alkyl halides is 1. The lowest BCUT2D eigenvalue weighted by atomic mass is 10.1. The second-order valence-electron chi connectivity index (χ2n) is 4.56. The SMILES string of the molecule is CC(Cl)CCCNC(=O)c1nccc2ccccc12. The molecular formula is C15H17ClN2O. The minimum atomic E-state index is -0.126. The summed E-state index contributed by atoms with van der Waals surface area (Å²) in [6.45, 7) is 2.58. The van der Waals surface area contributed by atoms with Crippen molar-refractivity contribution in [1.29, 1.82) is 0 Å². The van der Waals surface area contributed by atoms with Crippen LogP contribution in [0.2, 0.25) is 0 Å². The van der Waals surface area contributed by atoms with Crippen LogP contribution in [0.1, 0.15) is 30.3 Å². The molecule has 0 bridgehead atoms. The Labute approximate surface area is 118 Å². The van der Waals surface area contributed by atoms with Crippen LogP contribution >= 0.6 is 11.6 Å². The Bertz CT molecular complexity index is 564. The maximum atomic E-state index is 12.1. The fourth-order valence-corrected chi connectivity index (χ4v) is 2.12. The lowest BCUT2D eigenvalue weighted by Gasteiger charge is -2.07. The van der Waals surface area contributed by atoms with Gasteiger partial charge in [-0.15, -0.1) is 11.6 Å². The maximum absolute atomic E-state index is 12.1. The predicted molar refractivity (Wildman–Crippen MR) is 78.6 cm³/mol. The van der Waals surface area contributed by atoms with Gasteiger partial charge in [-0.25, -0.2) is 0 Å². The van der Waals surface area contributed by atoms with Crippen LogP contribution < -0.4 is 5.32 Å². The smallest absolute Gasteiger partial charge is 0.270 e. The Morgan fingerprint density at radius 2 is 2.16 bits per heavy atom. The Morgan fingerprint density at radius 1 is 1.37 bits per heavy atom. The summed E-state index contributed by atoms with van der Waals surface area (Å²) in [7, 11) is 0. The van der Waals surface area contributed by atoms with E-state index in [0.717, 1.165) is 23.6 Å². The zero-order valence-corrected chi connectivity index (χ0v) is 11.7. The second-order valence-corrected chi connectivity index (χ2v) is 5.30. The van der Waals surface area contributed by atoms with Crippen molar-refractivity contribution in [3.63, 3.8) is 0 Å². The number of carbonyl (C=O) groups is 1. The zero-order valence-electron chi connectivity index (χ0n) is 10.9. The number of fused-ring (bicyclic) bond motifs is 1. The minimum absolute atomic E-state index is 0.126. The van der Waals surface area contributed by atoms with Gasteiger partial charge in [-0.1, -0.05) is 24.3 Å². The number of pyridine rings is 1. The van der Waals surface area contributed by atoms with Gasteiger partial charge in [0.15, 0.2) is 0 Å². The van der Waals surface area contributed by atoms with E-state index in [9.17, 15) is 4.79 Å². The fourth-order valence-electron chi connectivity index (χ4n) is 1.97. The normalized spacial score (nSPS) is 12.3. The van der Waals surface area contributed by atoms with Gasteiger partial charge >= 0.3 is 0 Å². The summed E-state index contributed by atoms with van der Waals surface area (Å²) < 4.78 is 0. The summed E-state index contributed by atoms with van der Waals surface area (Å²) in [6, 6.07) is 9.66. The summed E-state index contributed by atoms with van der Waals surface area (Å²) in [5.74, 6) is -0.126. The number of benzene rings is 1. The highest BCUT2D eigenvalue weighted by Crippen LogP contribution is 2.16. The van der Waals surface area contributed by atoms with E-state index in [1.54, 1.807) is 6.20 Å². The van der Waals surface area contributed by atoms with Gasteiger partial charge in [0.2, 0.25) is 0 Å². The van der Waals surface area contributed by atoms with Crippen molar-refractivity contribution >= 4 is 28.3 Å². The molecule has 0 saturated heterocycles. The molecule has 1 aromatic heterocycles. The van der Waals surface area contributed by atoms with Gasteiger partial charge in [-0.3, -0.25) is 9.78 Å². The first-order valence-corrected chi connectivity index (χ1v) is 6.88. The molecule has 0 aliphatic carbocycles. The first kappa shape index (κ1) is 13.8. The van der Waals surface area contributed by atoms with E-state index in [1.807, 2.05) is 37.3 Å². The molecule has 0 spiro atoms. The van der Waals surface area contributed by atoms with Gasteiger partial charge in [0, 0.05) is 23.5 Å². The van der Waals surface area contributed by atoms with Crippen LogP contribution in [-0.4, -0.2) is 22.8 Å².